The predicted octanol–water partition coefficient (Wildman–Crippen LogP) is 2.18. The molecule has 1 aliphatic rings. The van der Waals surface area contributed by atoms with Gasteiger partial charge in [0.25, 0.3) is 0 Å². The van der Waals surface area contributed by atoms with Gasteiger partial charge in [0.05, 0.1) is 0 Å². The summed E-state index contributed by atoms with van der Waals surface area (Å²) < 4.78 is 0. The minimum Gasteiger partial charge on any atom is -0.346 e. The molecule has 0 radical (unpaired) electrons. The van der Waals surface area contributed by atoms with Crippen LogP contribution in [0.5, 0.6) is 0 Å². The van der Waals surface area contributed by atoms with Gasteiger partial charge in [-0.05, 0) is 30.5 Å². The van der Waals surface area contributed by atoms with E-state index < -0.39 is 0 Å². The average Bonchev–Trinajstić information content (AvgIpc) is 2.52. The SMILES string of the molecule is CN1CCC(CN)(c2cccc(Cl)c2)CCC1=O. The molecule has 1 fully saturated rings. The lowest BCUT2D eigenvalue weighted by molar-refractivity contribution is -0.129. The van der Waals surface area contributed by atoms with E-state index in [1.54, 1.807) is 4.90 Å². The maximum atomic E-state index is 11.8. The third-order valence-corrected chi connectivity index (χ3v) is 4.23. The molecule has 1 aromatic rings. The van der Waals surface area contributed by atoms with Gasteiger partial charge in [0, 0.05) is 37.0 Å². The van der Waals surface area contributed by atoms with Crippen LogP contribution in [0.4, 0.5) is 0 Å². The number of carbonyl (C=O) groups excluding carboxylic acids is 1. The van der Waals surface area contributed by atoms with Crippen molar-refractivity contribution in [2.45, 2.75) is 24.7 Å². The molecule has 1 amide bonds. The summed E-state index contributed by atoms with van der Waals surface area (Å²) in [5, 5.41) is 0.726. The lowest BCUT2D eigenvalue weighted by Crippen LogP contribution is -2.36. The first-order valence-electron chi connectivity index (χ1n) is 6.27. The van der Waals surface area contributed by atoms with Gasteiger partial charge in [0.2, 0.25) is 5.91 Å². The van der Waals surface area contributed by atoms with Crippen LogP contribution in [0, 0.1) is 0 Å². The van der Waals surface area contributed by atoms with E-state index in [1.807, 2.05) is 25.2 Å². The van der Waals surface area contributed by atoms with Crippen molar-refractivity contribution in [2.24, 2.45) is 5.73 Å². The van der Waals surface area contributed by atoms with Gasteiger partial charge in [-0.1, -0.05) is 23.7 Å². The van der Waals surface area contributed by atoms with Gasteiger partial charge in [-0.15, -0.1) is 0 Å². The summed E-state index contributed by atoms with van der Waals surface area (Å²) in [6.45, 7) is 1.30. The molecule has 1 atom stereocenters. The van der Waals surface area contributed by atoms with Crippen LogP contribution in [-0.4, -0.2) is 30.9 Å². The Labute approximate surface area is 113 Å². The van der Waals surface area contributed by atoms with E-state index in [1.165, 1.54) is 0 Å². The molecule has 1 aromatic carbocycles. The minimum atomic E-state index is -0.120. The zero-order valence-corrected chi connectivity index (χ0v) is 11.4. The van der Waals surface area contributed by atoms with Crippen molar-refractivity contribution in [1.29, 1.82) is 0 Å². The molecule has 0 spiro atoms. The second kappa shape index (κ2) is 5.29. The predicted molar refractivity (Wildman–Crippen MR) is 73.7 cm³/mol. The van der Waals surface area contributed by atoms with Gasteiger partial charge in [-0.25, -0.2) is 0 Å². The number of likely N-dealkylation sites (tertiary alicyclic amines) is 1. The standard InChI is InChI=1S/C14H19ClN2O/c1-17-8-7-14(10-16,6-5-13(17)18)11-3-2-4-12(15)9-11/h2-4,9H,5-8,10,16H2,1H3. The Morgan fingerprint density at radius 3 is 2.89 bits per heavy atom. The number of carbonyl (C=O) groups is 1. The third kappa shape index (κ3) is 2.52. The molecule has 1 heterocycles. The molecule has 3 nitrogen and oxygen atoms in total. The van der Waals surface area contributed by atoms with E-state index in [4.69, 9.17) is 17.3 Å². The van der Waals surface area contributed by atoms with Gasteiger partial charge >= 0.3 is 0 Å². The normalized spacial score (nSPS) is 25.1. The van der Waals surface area contributed by atoms with Crippen molar-refractivity contribution in [1.82, 2.24) is 4.90 Å². The van der Waals surface area contributed by atoms with Crippen LogP contribution >= 0.6 is 11.6 Å². The molecule has 2 N–H and O–H groups in total. The largest absolute Gasteiger partial charge is 0.346 e. The molecule has 0 saturated carbocycles. The fourth-order valence-electron chi connectivity index (χ4n) is 2.60. The van der Waals surface area contributed by atoms with Crippen molar-refractivity contribution in [3.05, 3.63) is 34.9 Å². The van der Waals surface area contributed by atoms with Crippen molar-refractivity contribution < 1.29 is 4.79 Å². The summed E-state index contributed by atoms with van der Waals surface area (Å²) in [5.74, 6) is 0.201. The highest BCUT2D eigenvalue weighted by molar-refractivity contribution is 6.30. The lowest BCUT2D eigenvalue weighted by atomic mass is 9.74. The second-order valence-electron chi connectivity index (χ2n) is 5.06. The molecule has 4 heteroatoms. The topological polar surface area (TPSA) is 46.3 Å². The number of nitrogens with two attached hydrogens (primary N) is 1. The minimum absolute atomic E-state index is 0.120. The van der Waals surface area contributed by atoms with Crippen LogP contribution in [0.15, 0.2) is 24.3 Å². The van der Waals surface area contributed by atoms with Crippen molar-refractivity contribution in [2.75, 3.05) is 20.1 Å². The van der Waals surface area contributed by atoms with E-state index in [0.717, 1.165) is 30.0 Å². The molecule has 18 heavy (non-hydrogen) atoms. The number of nitrogens with zero attached hydrogens (tertiary/aromatic N) is 1. The molecule has 1 aliphatic heterocycles. The smallest absolute Gasteiger partial charge is 0.222 e. The first kappa shape index (κ1) is 13.4. The summed E-state index contributed by atoms with van der Waals surface area (Å²) in [7, 11) is 1.85. The molecule has 1 unspecified atom stereocenters. The van der Waals surface area contributed by atoms with E-state index >= 15 is 0 Å². The van der Waals surface area contributed by atoms with Gasteiger partial charge in [-0.2, -0.15) is 0 Å². The van der Waals surface area contributed by atoms with Crippen molar-refractivity contribution in [3.63, 3.8) is 0 Å². The van der Waals surface area contributed by atoms with E-state index in [2.05, 4.69) is 6.07 Å². The maximum Gasteiger partial charge on any atom is 0.222 e. The Balaban J connectivity index is 2.33. The van der Waals surface area contributed by atoms with E-state index in [0.29, 0.717) is 13.0 Å². The zero-order chi connectivity index (χ0) is 13.2. The summed E-state index contributed by atoms with van der Waals surface area (Å²) in [4.78, 5) is 13.6. The Hall–Kier alpha value is -1.06. The fourth-order valence-corrected chi connectivity index (χ4v) is 2.79. The highest BCUT2D eigenvalue weighted by Crippen LogP contribution is 2.35. The van der Waals surface area contributed by atoms with Gasteiger partial charge in [0.15, 0.2) is 0 Å². The van der Waals surface area contributed by atoms with Crippen LogP contribution < -0.4 is 5.73 Å². The first-order valence-corrected chi connectivity index (χ1v) is 6.65. The Morgan fingerprint density at radius 1 is 1.44 bits per heavy atom. The van der Waals surface area contributed by atoms with Crippen LogP contribution in [0.1, 0.15) is 24.8 Å². The summed E-state index contributed by atoms with van der Waals surface area (Å²) in [6.07, 6.45) is 2.25. The molecule has 2 rings (SSSR count). The number of halogens is 1. The van der Waals surface area contributed by atoms with E-state index in [-0.39, 0.29) is 11.3 Å². The monoisotopic (exact) mass is 266 g/mol. The zero-order valence-electron chi connectivity index (χ0n) is 10.7. The Kier molecular flexibility index (Phi) is 3.93. The molecular weight excluding hydrogens is 248 g/mol. The molecular formula is C14H19ClN2O. The molecule has 98 valence electrons. The third-order valence-electron chi connectivity index (χ3n) is 4.00. The van der Waals surface area contributed by atoms with Crippen LogP contribution in [0.25, 0.3) is 0 Å². The van der Waals surface area contributed by atoms with Gasteiger partial charge < -0.3 is 10.6 Å². The van der Waals surface area contributed by atoms with Crippen LogP contribution in [0.3, 0.4) is 0 Å². The Morgan fingerprint density at radius 2 is 2.22 bits per heavy atom. The van der Waals surface area contributed by atoms with Crippen LogP contribution in [-0.2, 0) is 10.2 Å². The van der Waals surface area contributed by atoms with Crippen molar-refractivity contribution >= 4 is 17.5 Å². The fraction of sp³-hybridized carbons (Fsp3) is 0.500. The highest BCUT2D eigenvalue weighted by Gasteiger charge is 2.34. The molecule has 0 bridgehead atoms. The lowest BCUT2D eigenvalue weighted by Gasteiger charge is -2.31. The van der Waals surface area contributed by atoms with Crippen molar-refractivity contribution in [3.8, 4) is 0 Å². The number of benzene rings is 1. The number of hydrogen-bond acceptors (Lipinski definition) is 2. The van der Waals surface area contributed by atoms with Gasteiger partial charge in [0.1, 0.15) is 0 Å². The maximum absolute atomic E-state index is 11.8. The first-order chi connectivity index (χ1) is 8.57. The highest BCUT2D eigenvalue weighted by atomic mass is 35.5. The molecule has 0 aliphatic carbocycles. The summed E-state index contributed by atoms with van der Waals surface area (Å²) in [5.41, 5.74) is 7.04. The Bertz CT molecular complexity index is 449. The molecule has 0 aromatic heterocycles. The number of hydrogen-bond donors (Lipinski definition) is 1. The van der Waals surface area contributed by atoms with Crippen LogP contribution in [0.2, 0.25) is 5.02 Å². The second-order valence-corrected chi connectivity index (χ2v) is 5.50. The number of rotatable bonds is 2. The molecule has 1 saturated heterocycles. The van der Waals surface area contributed by atoms with Gasteiger partial charge in [-0.3, -0.25) is 4.79 Å². The average molecular weight is 267 g/mol. The summed E-state index contributed by atoms with van der Waals surface area (Å²) in [6, 6.07) is 7.85. The number of amides is 1. The summed E-state index contributed by atoms with van der Waals surface area (Å²) >= 11 is 6.06. The quantitative estimate of drug-likeness (QED) is 0.892. The van der Waals surface area contributed by atoms with E-state index in [9.17, 15) is 4.79 Å².